The van der Waals surface area contributed by atoms with Gasteiger partial charge in [0.15, 0.2) is 0 Å². The second kappa shape index (κ2) is 10.2. The van der Waals surface area contributed by atoms with Crippen LogP contribution < -0.4 is 4.74 Å². The van der Waals surface area contributed by atoms with Gasteiger partial charge in [-0.1, -0.05) is 44.2 Å². The summed E-state index contributed by atoms with van der Waals surface area (Å²) in [4.78, 5) is 0. The van der Waals surface area contributed by atoms with Crippen LogP contribution in [-0.2, 0) is 10.9 Å². The molecule has 2 rings (SSSR count). The van der Waals surface area contributed by atoms with Gasteiger partial charge in [0.1, 0.15) is 5.75 Å². The lowest BCUT2D eigenvalue weighted by atomic mass is 9.95. The second-order valence-electron chi connectivity index (χ2n) is 7.06. The molecule has 1 fully saturated rings. The van der Waals surface area contributed by atoms with Crippen molar-refractivity contribution in [3.8, 4) is 5.75 Å². The molecule has 0 amide bonds. The molecule has 2 nitrogen and oxygen atoms in total. The molecule has 6 heteroatoms. The Hall–Kier alpha value is -1.01. The fourth-order valence-electron chi connectivity index (χ4n) is 3.50. The summed E-state index contributed by atoms with van der Waals surface area (Å²) in [6, 6.07) is 7.65. The largest absolute Gasteiger partial charge is 0.498 e. The highest BCUT2D eigenvalue weighted by atomic mass is 28.3. The van der Waals surface area contributed by atoms with Crippen molar-refractivity contribution in [3.05, 3.63) is 29.8 Å². The lowest BCUT2D eigenvalue weighted by molar-refractivity contribution is -0.137. The van der Waals surface area contributed by atoms with E-state index in [-0.39, 0.29) is 0 Å². The number of unbranched alkanes of at least 4 members (excludes halogenated alkanes) is 2. The Morgan fingerprint density at radius 1 is 1.04 bits per heavy atom. The van der Waals surface area contributed by atoms with Gasteiger partial charge in [0.25, 0.3) is 0 Å². The smallest absolute Gasteiger partial charge is 0.416 e. The summed E-state index contributed by atoms with van der Waals surface area (Å²) in [7, 11) is 0.852. The quantitative estimate of drug-likeness (QED) is 0.422. The van der Waals surface area contributed by atoms with E-state index in [1.165, 1.54) is 56.3 Å². The Morgan fingerprint density at radius 2 is 1.72 bits per heavy atom. The number of rotatable bonds is 9. The number of halogens is 3. The van der Waals surface area contributed by atoms with Gasteiger partial charge in [0.05, 0.1) is 20.6 Å². The summed E-state index contributed by atoms with van der Waals surface area (Å²) in [6.45, 7) is 0.862. The molecule has 1 aromatic rings. The molecule has 0 bridgehead atoms. The van der Waals surface area contributed by atoms with E-state index >= 15 is 0 Å². The first-order chi connectivity index (χ1) is 12.0. The molecule has 1 aromatic carbocycles. The minimum Gasteiger partial charge on any atom is -0.498 e. The predicted octanol–water partition coefficient (Wildman–Crippen LogP) is 5.47. The van der Waals surface area contributed by atoms with E-state index in [0.29, 0.717) is 5.75 Å². The molecule has 25 heavy (non-hydrogen) atoms. The molecule has 0 atom stereocenters. The van der Waals surface area contributed by atoms with E-state index in [1.807, 2.05) is 0 Å². The first-order valence-electron chi connectivity index (χ1n) is 9.28. The molecule has 0 unspecified atom stereocenters. The highest BCUT2D eigenvalue weighted by molar-refractivity contribution is 6.58. The first kappa shape index (κ1) is 20.3. The van der Waals surface area contributed by atoms with E-state index < -0.39 is 20.5 Å². The number of hydrogen-bond acceptors (Lipinski definition) is 2. The van der Waals surface area contributed by atoms with E-state index in [1.54, 1.807) is 7.11 Å². The van der Waals surface area contributed by atoms with Crippen molar-refractivity contribution in [1.82, 2.24) is 0 Å². The standard InChI is InChI=1S/C19H29F3O2Si/c1-23-12-4-2-3-5-16-10-13-25(14-11-16)15-24-18-8-6-17(7-9-18)19(20,21)22/h6-9,16,25H,2-5,10-15H2,1H3/t16-,25-. The monoisotopic (exact) mass is 374 g/mol. The molecule has 0 aromatic heterocycles. The zero-order chi connectivity index (χ0) is 18.1. The van der Waals surface area contributed by atoms with Crippen LogP contribution in [0.25, 0.3) is 0 Å². The summed E-state index contributed by atoms with van der Waals surface area (Å²) in [6.07, 6.45) is 4.09. The summed E-state index contributed by atoms with van der Waals surface area (Å²) in [5.74, 6) is 1.41. The van der Waals surface area contributed by atoms with Crippen LogP contribution in [-0.4, -0.2) is 28.7 Å². The Balaban J connectivity index is 1.62. The van der Waals surface area contributed by atoms with Gasteiger partial charge < -0.3 is 9.47 Å². The van der Waals surface area contributed by atoms with E-state index in [4.69, 9.17) is 9.47 Å². The summed E-state index contributed by atoms with van der Waals surface area (Å²) in [5, 5.41) is 0. The molecule has 1 saturated heterocycles. The van der Waals surface area contributed by atoms with Crippen molar-refractivity contribution in [2.45, 2.75) is 56.8 Å². The van der Waals surface area contributed by atoms with Crippen molar-refractivity contribution in [2.24, 2.45) is 5.92 Å². The van der Waals surface area contributed by atoms with Crippen LogP contribution >= 0.6 is 0 Å². The number of hydrogen-bond donors (Lipinski definition) is 0. The highest BCUT2D eigenvalue weighted by Crippen LogP contribution is 2.31. The molecular weight excluding hydrogens is 345 g/mol. The minimum absolute atomic E-state index is 0.556. The zero-order valence-electron chi connectivity index (χ0n) is 15.0. The maximum absolute atomic E-state index is 12.5. The normalized spacial score (nSPS) is 21.3. The van der Waals surface area contributed by atoms with Crippen molar-refractivity contribution in [2.75, 3.05) is 19.9 Å². The maximum Gasteiger partial charge on any atom is 0.416 e. The summed E-state index contributed by atoms with van der Waals surface area (Å²) < 4.78 is 48.5. The maximum atomic E-state index is 12.5. The van der Waals surface area contributed by atoms with Gasteiger partial charge in [-0.05, 0) is 36.6 Å². The fraction of sp³-hybridized carbons (Fsp3) is 0.684. The third-order valence-electron chi connectivity index (χ3n) is 5.09. The van der Waals surface area contributed by atoms with Crippen LogP contribution in [0.4, 0.5) is 13.2 Å². The van der Waals surface area contributed by atoms with E-state index in [2.05, 4.69) is 0 Å². The molecule has 1 aliphatic rings. The van der Waals surface area contributed by atoms with Gasteiger partial charge in [-0.25, -0.2) is 0 Å². The second-order valence-corrected chi connectivity index (χ2v) is 10.3. The molecule has 0 N–H and O–H groups in total. The Labute approximate surface area is 150 Å². The van der Waals surface area contributed by atoms with Crippen LogP contribution in [0.3, 0.4) is 0 Å². The average molecular weight is 375 g/mol. The van der Waals surface area contributed by atoms with Crippen molar-refractivity contribution in [3.63, 3.8) is 0 Å². The SMILES string of the molecule is COCCCCC[C@H]1CC[Si@H](COc2ccc(C(F)(F)F)cc2)CC1. The number of methoxy groups -OCH3 is 1. The molecule has 0 saturated carbocycles. The van der Waals surface area contributed by atoms with Crippen LogP contribution in [0, 0.1) is 5.92 Å². The topological polar surface area (TPSA) is 18.5 Å². The Kier molecular flexibility index (Phi) is 8.29. The predicted molar refractivity (Wildman–Crippen MR) is 96.8 cm³/mol. The molecule has 1 aliphatic heterocycles. The summed E-state index contributed by atoms with van der Waals surface area (Å²) in [5.41, 5.74) is -0.622. The number of benzene rings is 1. The van der Waals surface area contributed by atoms with E-state index in [0.717, 1.165) is 37.3 Å². The molecule has 0 spiro atoms. The van der Waals surface area contributed by atoms with Gasteiger partial charge in [0, 0.05) is 13.7 Å². The van der Waals surface area contributed by atoms with Crippen molar-refractivity contribution < 1.29 is 22.6 Å². The zero-order valence-corrected chi connectivity index (χ0v) is 16.1. The van der Waals surface area contributed by atoms with Crippen LogP contribution in [0.2, 0.25) is 12.1 Å². The lowest BCUT2D eigenvalue weighted by Gasteiger charge is -2.27. The number of ether oxygens (including phenoxy) is 2. The highest BCUT2D eigenvalue weighted by Gasteiger charge is 2.30. The van der Waals surface area contributed by atoms with Crippen molar-refractivity contribution in [1.29, 1.82) is 0 Å². The first-order valence-corrected chi connectivity index (χ1v) is 11.7. The number of alkyl halides is 3. The molecule has 0 aliphatic carbocycles. The van der Waals surface area contributed by atoms with Gasteiger partial charge >= 0.3 is 6.18 Å². The summed E-state index contributed by atoms with van der Waals surface area (Å²) >= 11 is 0. The van der Waals surface area contributed by atoms with Crippen LogP contribution in [0.15, 0.2) is 24.3 Å². The Morgan fingerprint density at radius 3 is 2.32 bits per heavy atom. The van der Waals surface area contributed by atoms with Crippen molar-refractivity contribution >= 4 is 8.80 Å². The van der Waals surface area contributed by atoms with Gasteiger partial charge in [-0.2, -0.15) is 13.2 Å². The third-order valence-corrected chi connectivity index (χ3v) is 8.03. The lowest BCUT2D eigenvalue weighted by Crippen LogP contribution is -2.28. The third kappa shape index (κ3) is 7.40. The van der Waals surface area contributed by atoms with Crippen LogP contribution in [0.1, 0.15) is 44.1 Å². The van der Waals surface area contributed by atoms with Gasteiger partial charge in [0.2, 0.25) is 0 Å². The Bertz CT molecular complexity index is 482. The molecule has 1 heterocycles. The van der Waals surface area contributed by atoms with Crippen LogP contribution in [0.5, 0.6) is 5.75 Å². The van der Waals surface area contributed by atoms with Gasteiger partial charge in [-0.15, -0.1) is 0 Å². The average Bonchev–Trinajstić information content (AvgIpc) is 2.60. The molecule has 0 radical (unpaired) electrons. The minimum atomic E-state index is -4.28. The molecule has 142 valence electrons. The van der Waals surface area contributed by atoms with Gasteiger partial charge in [-0.3, -0.25) is 0 Å². The molecular formula is C19H29F3O2Si. The van der Waals surface area contributed by atoms with E-state index in [9.17, 15) is 13.2 Å². The fourth-order valence-corrected chi connectivity index (χ4v) is 6.43.